The third-order valence-electron chi connectivity index (χ3n) is 3.21. The van der Waals surface area contributed by atoms with Crippen LogP contribution in [0.1, 0.15) is 23.6 Å². The van der Waals surface area contributed by atoms with E-state index in [1.54, 1.807) is 0 Å². The van der Waals surface area contributed by atoms with Crippen LogP contribution < -0.4 is 11.3 Å². The maximum atomic E-state index is 13.7. The zero-order valence-electron chi connectivity index (χ0n) is 10.7. The number of hydrogen-bond acceptors (Lipinski definition) is 2. The summed E-state index contributed by atoms with van der Waals surface area (Å²) in [6.45, 7) is 0. The van der Waals surface area contributed by atoms with E-state index in [0.717, 1.165) is 11.6 Å². The highest BCUT2D eigenvalue weighted by Gasteiger charge is 2.19. The molecule has 2 rings (SSSR count). The Morgan fingerprint density at radius 2 is 1.65 bits per heavy atom. The molecule has 20 heavy (non-hydrogen) atoms. The third kappa shape index (κ3) is 3.18. The van der Waals surface area contributed by atoms with E-state index < -0.39 is 23.5 Å². The molecule has 0 aromatic heterocycles. The summed E-state index contributed by atoms with van der Waals surface area (Å²) in [4.78, 5) is 0. The average molecular weight is 280 g/mol. The van der Waals surface area contributed by atoms with Crippen LogP contribution in [0.15, 0.2) is 42.5 Å². The molecular formula is C15H15F3N2. The topological polar surface area (TPSA) is 38.0 Å². The molecule has 0 bridgehead atoms. The lowest BCUT2D eigenvalue weighted by Gasteiger charge is -2.17. The first-order valence-electron chi connectivity index (χ1n) is 6.27. The first kappa shape index (κ1) is 14.6. The monoisotopic (exact) mass is 280 g/mol. The Balaban J connectivity index is 2.15. The van der Waals surface area contributed by atoms with Crippen molar-refractivity contribution in [3.8, 4) is 0 Å². The zero-order chi connectivity index (χ0) is 14.5. The van der Waals surface area contributed by atoms with Crippen LogP contribution in [0.2, 0.25) is 0 Å². The predicted molar refractivity (Wildman–Crippen MR) is 71.1 cm³/mol. The van der Waals surface area contributed by atoms with Gasteiger partial charge in [0.25, 0.3) is 0 Å². The zero-order valence-corrected chi connectivity index (χ0v) is 10.7. The van der Waals surface area contributed by atoms with Crippen LogP contribution in [-0.2, 0) is 6.42 Å². The second-order valence-corrected chi connectivity index (χ2v) is 4.51. The van der Waals surface area contributed by atoms with Gasteiger partial charge in [0, 0.05) is 11.6 Å². The molecule has 0 radical (unpaired) electrons. The number of halogens is 3. The number of hydrogen-bond donors (Lipinski definition) is 2. The van der Waals surface area contributed by atoms with Crippen molar-refractivity contribution in [3.63, 3.8) is 0 Å². The summed E-state index contributed by atoms with van der Waals surface area (Å²) in [5, 5.41) is 0. The maximum absolute atomic E-state index is 13.7. The lowest BCUT2D eigenvalue weighted by molar-refractivity contribution is 0.419. The van der Waals surface area contributed by atoms with Gasteiger partial charge >= 0.3 is 0 Å². The fourth-order valence-electron chi connectivity index (χ4n) is 2.09. The van der Waals surface area contributed by atoms with Crippen LogP contribution >= 0.6 is 0 Å². The fraction of sp³-hybridized carbons (Fsp3) is 0.200. The van der Waals surface area contributed by atoms with E-state index in [4.69, 9.17) is 5.84 Å². The Bertz CT molecular complexity index is 573. The van der Waals surface area contributed by atoms with Gasteiger partial charge in [-0.1, -0.05) is 36.4 Å². The van der Waals surface area contributed by atoms with E-state index in [9.17, 15) is 13.2 Å². The number of benzene rings is 2. The molecule has 0 amide bonds. The molecule has 0 aliphatic carbocycles. The molecule has 0 aliphatic heterocycles. The van der Waals surface area contributed by atoms with Crippen LogP contribution in [0.5, 0.6) is 0 Å². The molecule has 5 heteroatoms. The Kier molecular flexibility index (Phi) is 4.76. The van der Waals surface area contributed by atoms with Crippen molar-refractivity contribution < 1.29 is 13.2 Å². The van der Waals surface area contributed by atoms with E-state index in [1.165, 1.54) is 6.07 Å². The molecule has 2 aromatic carbocycles. The Labute approximate surface area is 115 Å². The summed E-state index contributed by atoms with van der Waals surface area (Å²) in [7, 11) is 0. The molecule has 1 unspecified atom stereocenters. The van der Waals surface area contributed by atoms with E-state index in [2.05, 4.69) is 5.43 Å². The van der Waals surface area contributed by atoms with Crippen LogP contribution in [0, 0.1) is 17.5 Å². The van der Waals surface area contributed by atoms with Crippen LogP contribution in [0.25, 0.3) is 0 Å². The van der Waals surface area contributed by atoms with Gasteiger partial charge < -0.3 is 0 Å². The van der Waals surface area contributed by atoms with Crippen LogP contribution in [0.4, 0.5) is 13.2 Å². The standard InChI is InChI=1S/C15H15F3N2/c16-12-8-7-11(14(17)15(12)18)13(20-19)9-6-10-4-2-1-3-5-10/h1-5,7-8,13,20H,6,9,19H2. The minimum Gasteiger partial charge on any atom is -0.271 e. The highest BCUT2D eigenvalue weighted by Crippen LogP contribution is 2.24. The van der Waals surface area contributed by atoms with E-state index in [0.29, 0.717) is 12.8 Å². The summed E-state index contributed by atoms with van der Waals surface area (Å²) < 4.78 is 39.9. The number of rotatable bonds is 5. The van der Waals surface area contributed by atoms with Gasteiger partial charge in [-0.15, -0.1) is 0 Å². The largest absolute Gasteiger partial charge is 0.271 e. The van der Waals surface area contributed by atoms with E-state index >= 15 is 0 Å². The van der Waals surface area contributed by atoms with Crippen LogP contribution in [0.3, 0.4) is 0 Å². The first-order chi connectivity index (χ1) is 9.63. The molecule has 1 atom stereocenters. The van der Waals surface area contributed by atoms with Gasteiger partial charge in [0.05, 0.1) is 0 Å². The summed E-state index contributed by atoms with van der Waals surface area (Å²) in [6.07, 6.45) is 1.12. The quantitative estimate of drug-likeness (QED) is 0.501. The Hall–Kier alpha value is -1.85. The molecule has 2 aromatic rings. The summed E-state index contributed by atoms with van der Waals surface area (Å²) in [5.74, 6) is 1.53. The van der Waals surface area contributed by atoms with Crippen molar-refractivity contribution in [1.82, 2.24) is 5.43 Å². The van der Waals surface area contributed by atoms with Crippen molar-refractivity contribution in [2.45, 2.75) is 18.9 Å². The van der Waals surface area contributed by atoms with Crippen molar-refractivity contribution in [1.29, 1.82) is 0 Å². The molecule has 0 heterocycles. The Morgan fingerprint density at radius 3 is 2.30 bits per heavy atom. The molecule has 0 saturated heterocycles. The van der Waals surface area contributed by atoms with Crippen LogP contribution in [-0.4, -0.2) is 0 Å². The van der Waals surface area contributed by atoms with Gasteiger partial charge in [0.1, 0.15) is 0 Å². The van der Waals surface area contributed by atoms with Gasteiger partial charge in [-0.25, -0.2) is 13.2 Å². The minimum absolute atomic E-state index is 0.0299. The number of hydrazine groups is 1. The lowest BCUT2D eigenvalue weighted by atomic mass is 9.99. The number of aryl methyl sites for hydroxylation is 1. The Morgan fingerprint density at radius 1 is 0.950 bits per heavy atom. The van der Waals surface area contributed by atoms with Crippen molar-refractivity contribution in [3.05, 3.63) is 71.0 Å². The SMILES string of the molecule is NNC(CCc1ccccc1)c1ccc(F)c(F)c1F. The fourth-order valence-corrected chi connectivity index (χ4v) is 2.09. The van der Waals surface area contributed by atoms with Gasteiger partial charge in [-0.3, -0.25) is 11.3 Å². The van der Waals surface area contributed by atoms with Crippen molar-refractivity contribution >= 4 is 0 Å². The summed E-state index contributed by atoms with van der Waals surface area (Å²) in [5.41, 5.74) is 3.54. The summed E-state index contributed by atoms with van der Waals surface area (Å²) in [6, 6.07) is 11.1. The van der Waals surface area contributed by atoms with E-state index in [1.807, 2.05) is 30.3 Å². The second-order valence-electron chi connectivity index (χ2n) is 4.51. The van der Waals surface area contributed by atoms with Gasteiger partial charge in [-0.2, -0.15) is 0 Å². The third-order valence-corrected chi connectivity index (χ3v) is 3.21. The van der Waals surface area contributed by atoms with Gasteiger partial charge in [0.2, 0.25) is 0 Å². The second kappa shape index (κ2) is 6.54. The molecular weight excluding hydrogens is 265 g/mol. The average Bonchev–Trinajstić information content (AvgIpc) is 2.48. The van der Waals surface area contributed by atoms with Gasteiger partial charge in [0.15, 0.2) is 17.5 Å². The number of nitrogens with one attached hydrogen (secondary N) is 1. The maximum Gasteiger partial charge on any atom is 0.194 e. The molecule has 0 saturated carbocycles. The normalized spacial score (nSPS) is 12.4. The highest BCUT2D eigenvalue weighted by atomic mass is 19.2. The molecule has 2 nitrogen and oxygen atoms in total. The molecule has 0 spiro atoms. The van der Waals surface area contributed by atoms with E-state index in [-0.39, 0.29) is 5.56 Å². The predicted octanol–water partition coefficient (Wildman–Crippen LogP) is 3.24. The smallest absolute Gasteiger partial charge is 0.194 e. The lowest BCUT2D eigenvalue weighted by Crippen LogP contribution is -2.29. The van der Waals surface area contributed by atoms with Crippen molar-refractivity contribution in [2.24, 2.45) is 5.84 Å². The molecule has 3 N–H and O–H groups in total. The van der Waals surface area contributed by atoms with Crippen molar-refractivity contribution in [2.75, 3.05) is 0 Å². The summed E-state index contributed by atoms with van der Waals surface area (Å²) >= 11 is 0. The molecule has 0 fully saturated rings. The minimum atomic E-state index is -1.47. The first-order valence-corrected chi connectivity index (χ1v) is 6.27. The number of nitrogens with two attached hydrogens (primary N) is 1. The highest BCUT2D eigenvalue weighted by molar-refractivity contribution is 5.24. The molecule has 0 aliphatic rings. The van der Waals surface area contributed by atoms with Gasteiger partial charge in [-0.05, 0) is 24.5 Å². The molecule has 106 valence electrons.